The first-order chi connectivity index (χ1) is 9.97. The van der Waals surface area contributed by atoms with Crippen LogP contribution in [-0.4, -0.2) is 17.9 Å². The molecule has 0 bridgehead atoms. The van der Waals surface area contributed by atoms with Crippen molar-refractivity contribution in [3.05, 3.63) is 70.5 Å². The molecule has 108 valence electrons. The fraction of sp³-hybridized carbons (Fsp3) is 0.125. The van der Waals surface area contributed by atoms with Gasteiger partial charge in [-0.25, -0.2) is 9.18 Å². The number of esters is 1. The Morgan fingerprint density at radius 2 is 1.76 bits per heavy atom. The number of rotatable bonds is 4. The third-order valence-corrected chi connectivity index (χ3v) is 3.09. The Kier molecular flexibility index (Phi) is 4.70. The van der Waals surface area contributed by atoms with Crippen molar-refractivity contribution in [2.24, 2.45) is 0 Å². The van der Waals surface area contributed by atoms with E-state index in [9.17, 15) is 14.0 Å². The van der Waals surface area contributed by atoms with Crippen LogP contribution in [0, 0.1) is 5.82 Å². The minimum absolute atomic E-state index is 0.0609. The monoisotopic (exact) mass is 306 g/mol. The Bertz CT molecular complexity index is 667. The van der Waals surface area contributed by atoms with Crippen LogP contribution in [0.15, 0.2) is 48.5 Å². The number of halogens is 2. The number of hydrogen-bond donors (Lipinski definition) is 0. The van der Waals surface area contributed by atoms with E-state index in [0.29, 0.717) is 10.6 Å². The first-order valence-corrected chi connectivity index (χ1v) is 6.61. The molecule has 1 atom stereocenters. The first-order valence-electron chi connectivity index (χ1n) is 6.23. The summed E-state index contributed by atoms with van der Waals surface area (Å²) < 4.78 is 18.1. The number of ketones is 1. The minimum Gasteiger partial charge on any atom is -0.451 e. The molecule has 21 heavy (non-hydrogen) atoms. The second-order valence-electron chi connectivity index (χ2n) is 4.43. The van der Waals surface area contributed by atoms with Gasteiger partial charge in [-0.05, 0) is 49.4 Å². The summed E-state index contributed by atoms with van der Waals surface area (Å²) in [6.45, 7) is 1.47. The Balaban J connectivity index is 2.07. The Hall–Kier alpha value is -2.20. The molecule has 0 unspecified atom stereocenters. The summed E-state index contributed by atoms with van der Waals surface area (Å²) in [5, 5.41) is 0.510. The standard InChI is InChI=1S/C16H12ClFO3/c1-10(15(19)11-5-7-13(17)8-6-11)21-16(20)12-3-2-4-14(18)9-12/h2-10H,1H3/t10-/m1/s1. The Labute approximate surface area is 126 Å². The van der Waals surface area contributed by atoms with E-state index in [-0.39, 0.29) is 11.3 Å². The maximum Gasteiger partial charge on any atom is 0.338 e. The minimum atomic E-state index is -0.970. The lowest BCUT2D eigenvalue weighted by atomic mass is 10.1. The fourth-order valence-electron chi connectivity index (χ4n) is 1.75. The van der Waals surface area contributed by atoms with Gasteiger partial charge < -0.3 is 4.74 Å². The smallest absolute Gasteiger partial charge is 0.338 e. The van der Waals surface area contributed by atoms with Crippen LogP contribution in [0.1, 0.15) is 27.6 Å². The molecule has 2 rings (SSSR count). The van der Waals surface area contributed by atoms with Crippen molar-refractivity contribution in [3.8, 4) is 0 Å². The SMILES string of the molecule is C[C@@H](OC(=O)c1cccc(F)c1)C(=O)c1ccc(Cl)cc1. The quantitative estimate of drug-likeness (QED) is 0.635. The molecule has 0 radical (unpaired) electrons. The van der Waals surface area contributed by atoms with Crippen LogP contribution in [0.25, 0.3) is 0 Å². The van der Waals surface area contributed by atoms with E-state index in [1.165, 1.54) is 25.1 Å². The van der Waals surface area contributed by atoms with Gasteiger partial charge in [0.15, 0.2) is 6.10 Å². The third-order valence-electron chi connectivity index (χ3n) is 2.84. The third kappa shape index (κ3) is 3.89. The number of hydrogen-bond acceptors (Lipinski definition) is 3. The predicted molar refractivity (Wildman–Crippen MR) is 77.1 cm³/mol. The van der Waals surface area contributed by atoms with Crippen LogP contribution in [0.5, 0.6) is 0 Å². The number of carbonyl (C=O) groups is 2. The summed E-state index contributed by atoms with van der Waals surface area (Å²) in [5.41, 5.74) is 0.449. The highest BCUT2D eigenvalue weighted by Gasteiger charge is 2.20. The average Bonchev–Trinajstić information content (AvgIpc) is 2.47. The second kappa shape index (κ2) is 6.50. The molecule has 3 nitrogen and oxygen atoms in total. The van der Waals surface area contributed by atoms with Gasteiger partial charge in [0.2, 0.25) is 5.78 Å². The van der Waals surface area contributed by atoms with E-state index >= 15 is 0 Å². The average molecular weight is 307 g/mol. The molecule has 0 aliphatic carbocycles. The van der Waals surface area contributed by atoms with E-state index in [2.05, 4.69) is 0 Å². The van der Waals surface area contributed by atoms with Gasteiger partial charge >= 0.3 is 5.97 Å². The molecule has 0 aliphatic heterocycles. The summed E-state index contributed by atoms with van der Waals surface area (Å²) >= 11 is 5.74. The summed E-state index contributed by atoms with van der Waals surface area (Å²) in [6, 6.07) is 11.4. The number of benzene rings is 2. The van der Waals surface area contributed by atoms with E-state index in [1.54, 1.807) is 24.3 Å². The molecule has 5 heteroatoms. The molecule has 0 saturated heterocycles. The Morgan fingerprint density at radius 3 is 2.38 bits per heavy atom. The molecule has 2 aromatic carbocycles. The highest BCUT2D eigenvalue weighted by molar-refractivity contribution is 6.30. The van der Waals surface area contributed by atoms with Crippen LogP contribution < -0.4 is 0 Å². The zero-order chi connectivity index (χ0) is 15.4. The lowest BCUT2D eigenvalue weighted by Gasteiger charge is -2.12. The topological polar surface area (TPSA) is 43.4 Å². The van der Waals surface area contributed by atoms with Crippen LogP contribution >= 0.6 is 11.6 Å². The van der Waals surface area contributed by atoms with Gasteiger partial charge in [-0.3, -0.25) is 4.79 Å². The second-order valence-corrected chi connectivity index (χ2v) is 4.87. The van der Waals surface area contributed by atoms with Crippen molar-refractivity contribution in [1.82, 2.24) is 0 Å². The van der Waals surface area contributed by atoms with Gasteiger partial charge in [-0.1, -0.05) is 17.7 Å². The fourth-order valence-corrected chi connectivity index (χ4v) is 1.87. The molecule has 0 aliphatic rings. The van der Waals surface area contributed by atoms with Gasteiger partial charge in [0.1, 0.15) is 5.82 Å². The van der Waals surface area contributed by atoms with Crippen molar-refractivity contribution < 1.29 is 18.7 Å². The van der Waals surface area contributed by atoms with E-state index < -0.39 is 17.9 Å². The number of carbonyl (C=O) groups excluding carboxylic acids is 2. The predicted octanol–water partition coefficient (Wildman–Crippen LogP) is 3.91. The maximum atomic E-state index is 13.0. The van der Waals surface area contributed by atoms with Gasteiger partial charge in [-0.2, -0.15) is 0 Å². The number of Topliss-reactive ketones (excluding diaryl/α,β-unsaturated/α-hetero) is 1. The first kappa shape index (κ1) is 15.2. The molecular weight excluding hydrogens is 295 g/mol. The molecule has 0 saturated carbocycles. The van der Waals surface area contributed by atoms with Gasteiger partial charge in [-0.15, -0.1) is 0 Å². The van der Waals surface area contributed by atoms with Crippen LogP contribution in [-0.2, 0) is 4.74 Å². The molecule has 2 aromatic rings. The van der Waals surface area contributed by atoms with Crippen LogP contribution in [0.4, 0.5) is 4.39 Å². The van der Waals surface area contributed by atoms with Crippen molar-refractivity contribution in [1.29, 1.82) is 0 Å². The van der Waals surface area contributed by atoms with Crippen molar-refractivity contribution in [3.63, 3.8) is 0 Å². The zero-order valence-electron chi connectivity index (χ0n) is 11.2. The molecule has 0 aromatic heterocycles. The molecule has 0 amide bonds. The largest absolute Gasteiger partial charge is 0.451 e. The highest BCUT2D eigenvalue weighted by Crippen LogP contribution is 2.14. The summed E-state index contributed by atoms with van der Waals surface area (Å²) in [6.07, 6.45) is -0.970. The molecule has 0 fully saturated rings. The van der Waals surface area contributed by atoms with E-state index in [1.807, 2.05) is 0 Å². The van der Waals surface area contributed by atoms with Crippen LogP contribution in [0.2, 0.25) is 5.02 Å². The van der Waals surface area contributed by atoms with Gasteiger partial charge in [0, 0.05) is 10.6 Å². The molecule has 0 heterocycles. The molecular formula is C16H12ClFO3. The Morgan fingerprint density at radius 1 is 1.10 bits per heavy atom. The number of ether oxygens (including phenoxy) is 1. The van der Waals surface area contributed by atoms with Gasteiger partial charge in [0.05, 0.1) is 5.56 Å². The van der Waals surface area contributed by atoms with E-state index in [0.717, 1.165) is 6.07 Å². The summed E-state index contributed by atoms with van der Waals surface area (Å²) in [5.74, 6) is -1.64. The van der Waals surface area contributed by atoms with Crippen molar-refractivity contribution in [2.75, 3.05) is 0 Å². The van der Waals surface area contributed by atoms with Gasteiger partial charge in [0.25, 0.3) is 0 Å². The zero-order valence-corrected chi connectivity index (χ0v) is 11.9. The van der Waals surface area contributed by atoms with Crippen molar-refractivity contribution in [2.45, 2.75) is 13.0 Å². The maximum absolute atomic E-state index is 13.0. The van der Waals surface area contributed by atoms with Crippen molar-refractivity contribution >= 4 is 23.4 Å². The lowest BCUT2D eigenvalue weighted by Crippen LogP contribution is -2.24. The highest BCUT2D eigenvalue weighted by atomic mass is 35.5. The molecule has 0 spiro atoms. The summed E-state index contributed by atoms with van der Waals surface area (Å²) in [4.78, 5) is 23.9. The lowest BCUT2D eigenvalue weighted by molar-refractivity contribution is 0.0318. The molecule has 0 N–H and O–H groups in total. The van der Waals surface area contributed by atoms with Crippen LogP contribution in [0.3, 0.4) is 0 Å². The van der Waals surface area contributed by atoms with E-state index in [4.69, 9.17) is 16.3 Å². The normalized spacial score (nSPS) is 11.8. The summed E-state index contributed by atoms with van der Waals surface area (Å²) in [7, 11) is 0.